The van der Waals surface area contributed by atoms with Gasteiger partial charge >= 0.3 is 5.24 Å². The summed E-state index contributed by atoms with van der Waals surface area (Å²) in [6, 6.07) is 10.8. The predicted octanol–water partition coefficient (Wildman–Crippen LogP) is 2.68. The van der Waals surface area contributed by atoms with Gasteiger partial charge in [0.1, 0.15) is 5.75 Å². The number of nitrogens with one attached hydrogen (secondary N) is 1. The number of nitro benzene ring substituents is 1. The molecule has 3 rings (SSSR count). The Morgan fingerprint density at radius 2 is 1.89 bits per heavy atom. The quantitative estimate of drug-likeness (QED) is 0.470. The lowest BCUT2D eigenvalue weighted by Crippen LogP contribution is -2.44. The third-order valence-electron chi connectivity index (χ3n) is 3.52. The van der Waals surface area contributed by atoms with Crippen LogP contribution in [0.4, 0.5) is 10.5 Å². The van der Waals surface area contributed by atoms with E-state index in [9.17, 15) is 29.6 Å². The summed E-state index contributed by atoms with van der Waals surface area (Å²) in [6.45, 7) is 0. The molecule has 27 heavy (non-hydrogen) atoms. The van der Waals surface area contributed by atoms with Crippen LogP contribution in [0.5, 0.6) is 5.75 Å². The number of imide groups is 1. The van der Waals surface area contributed by atoms with E-state index in [2.05, 4.69) is 5.43 Å². The molecule has 1 aliphatic heterocycles. The molecule has 0 aliphatic carbocycles. The fourth-order valence-electron chi connectivity index (χ4n) is 2.23. The zero-order valence-electron chi connectivity index (χ0n) is 13.5. The number of nitro groups is 1. The lowest BCUT2D eigenvalue weighted by atomic mass is 10.2. The van der Waals surface area contributed by atoms with E-state index in [1.165, 1.54) is 30.3 Å². The number of benzene rings is 2. The first-order valence-corrected chi connectivity index (χ1v) is 8.29. The Morgan fingerprint density at radius 1 is 1.19 bits per heavy atom. The maximum Gasteiger partial charge on any atom is 0.312 e. The van der Waals surface area contributed by atoms with Gasteiger partial charge in [-0.1, -0.05) is 12.1 Å². The van der Waals surface area contributed by atoms with E-state index in [-0.39, 0.29) is 21.9 Å². The highest BCUT2D eigenvalue weighted by Crippen LogP contribution is 2.31. The van der Waals surface area contributed by atoms with Crippen molar-refractivity contribution < 1.29 is 24.4 Å². The Labute approximate surface area is 156 Å². The second kappa shape index (κ2) is 7.30. The SMILES string of the molecule is O=C(NN1C(=O)S/C(=C\c2cccc(O)c2)C1=O)c1ccc([N+](=O)[O-])cc1. The largest absolute Gasteiger partial charge is 0.508 e. The summed E-state index contributed by atoms with van der Waals surface area (Å²) < 4.78 is 0. The van der Waals surface area contributed by atoms with Gasteiger partial charge in [-0.15, -0.1) is 0 Å². The lowest BCUT2D eigenvalue weighted by Gasteiger charge is -2.13. The van der Waals surface area contributed by atoms with Gasteiger partial charge in [0.05, 0.1) is 9.83 Å². The highest BCUT2D eigenvalue weighted by atomic mass is 32.2. The van der Waals surface area contributed by atoms with Crippen molar-refractivity contribution in [1.29, 1.82) is 0 Å². The Balaban J connectivity index is 1.75. The minimum atomic E-state index is -0.759. The maximum atomic E-state index is 12.4. The molecule has 10 heteroatoms. The Bertz CT molecular complexity index is 986. The highest BCUT2D eigenvalue weighted by Gasteiger charge is 2.36. The van der Waals surface area contributed by atoms with Crippen LogP contribution in [0, 0.1) is 10.1 Å². The van der Waals surface area contributed by atoms with Crippen LogP contribution < -0.4 is 5.43 Å². The Kier molecular flexibility index (Phi) is 4.90. The number of phenolic OH excluding ortho intramolecular Hbond substituents is 1. The van der Waals surface area contributed by atoms with Gasteiger partial charge in [0, 0.05) is 17.7 Å². The van der Waals surface area contributed by atoms with Crippen LogP contribution in [0.15, 0.2) is 53.4 Å². The summed E-state index contributed by atoms with van der Waals surface area (Å²) >= 11 is 0.639. The van der Waals surface area contributed by atoms with E-state index in [0.717, 1.165) is 12.1 Å². The molecular weight excluding hydrogens is 374 g/mol. The van der Waals surface area contributed by atoms with Crippen molar-refractivity contribution in [2.75, 3.05) is 0 Å². The number of carbonyl (C=O) groups excluding carboxylic acids is 3. The average molecular weight is 385 g/mol. The Morgan fingerprint density at radius 3 is 2.52 bits per heavy atom. The first kappa shape index (κ1) is 18.1. The van der Waals surface area contributed by atoms with Crippen molar-refractivity contribution in [1.82, 2.24) is 10.4 Å². The third kappa shape index (κ3) is 3.96. The van der Waals surface area contributed by atoms with Gasteiger partial charge in [-0.25, -0.2) is 0 Å². The van der Waals surface area contributed by atoms with Crippen molar-refractivity contribution in [3.63, 3.8) is 0 Å². The number of hydrazine groups is 1. The smallest absolute Gasteiger partial charge is 0.312 e. The zero-order valence-corrected chi connectivity index (χ0v) is 14.3. The molecule has 1 heterocycles. The molecule has 0 saturated carbocycles. The number of aromatic hydroxyl groups is 1. The second-order valence-corrected chi connectivity index (χ2v) is 6.35. The highest BCUT2D eigenvalue weighted by molar-refractivity contribution is 8.18. The zero-order chi connectivity index (χ0) is 19.6. The molecule has 0 radical (unpaired) electrons. The molecular formula is C17H11N3O6S. The summed E-state index contributed by atoms with van der Waals surface area (Å²) in [5.74, 6) is -1.47. The van der Waals surface area contributed by atoms with Crippen LogP contribution in [0.3, 0.4) is 0 Å². The normalized spacial score (nSPS) is 15.3. The summed E-state index contributed by atoms with van der Waals surface area (Å²) in [4.78, 5) is 46.7. The Hall–Kier alpha value is -3.66. The summed E-state index contributed by atoms with van der Waals surface area (Å²) in [7, 11) is 0. The fraction of sp³-hybridized carbons (Fsp3) is 0. The summed E-state index contributed by atoms with van der Waals surface area (Å²) in [5, 5.41) is 20.0. The van der Waals surface area contributed by atoms with Gasteiger partial charge in [-0.2, -0.15) is 5.01 Å². The van der Waals surface area contributed by atoms with Crippen molar-refractivity contribution in [3.05, 3.63) is 74.7 Å². The molecule has 9 nitrogen and oxygen atoms in total. The van der Waals surface area contributed by atoms with Gasteiger partial charge in [-0.3, -0.25) is 29.9 Å². The molecule has 0 unspecified atom stereocenters. The number of non-ortho nitro benzene ring substituents is 1. The van der Waals surface area contributed by atoms with Gasteiger partial charge < -0.3 is 5.11 Å². The minimum Gasteiger partial charge on any atom is -0.508 e. The molecule has 0 spiro atoms. The van der Waals surface area contributed by atoms with E-state index >= 15 is 0 Å². The number of rotatable bonds is 4. The first-order valence-electron chi connectivity index (χ1n) is 7.47. The topological polar surface area (TPSA) is 130 Å². The van der Waals surface area contributed by atoms with E-state index < -0.39 is 22.0 Å². The van der Waals surface area contributed by atoms with E-state index in [1.807, 2.05) is 0 Å². The van der Waals surface area contributed by atoms with Gasteiger partial charge in [0.2, 0.25) is 0 Å². The molecule has 0 bridgehead atoms. The molecule has 1 saturated heterocycles. The van der Waals surface area contributed by atoms with Crippen LogP contribution in [0.2, 0.25) is 0 Å². The fourth-order valence-corrected chi connectivity index (χ4v) is 3.01. The van der Waals surface area contributed by atoms with Crippen LogP contribution in [-0.4, -0.2) is 32.1 Å². The number of carbonyl (C=O) groups is 3. The molecule has 0 aromatic heterocycles. The number of hydrogen-bond donors (Lipinski definition) is 2. The van der Waals surface area contributed by atoms with Crippen molar-refractivity contribution >= 4 is 40.6 Å². The monoisotopic (exact) mass is 385 g/mol. The number of nitrogens with zero attached hydrogens (tertiary/aromatic N) is 2. The maximum absolute atomic E-state index is 12.4. The lowest BCUT2D eigenvalue weighted by molar-refractivity contribution is -0.384. The standard InChI is InChI=1S/C17H11N3O6S/c21-13-3-1-2-10(8-13)9-14-16(23)19(17(24)27-14)18-15(22)11-4-6-12(7-5-11)20(25)26/h1-9,21H,(H,18,22)/b14-9-. The van der Waals surface area contributed by atoms with Crippen molar-refractivity contribution in [2.45, 2.75) is 0 Å². The van der Waals surface area contributed by atoms with E-state index in [1.54, 1.807) is 12.1 Å². The van der Waals surface area contributed by atoms with Gasteiger partial charge in [0.25, 0.3) is 17.5 Å². The minimum absolute atomic E-state index is 0.00875. The van der Waals surface area contributed by atoms with Crippen molar-refractivity contribution in [3.8, 4) is 5.75 Å². The number of phenols is 1. The molecule has 2 aromatic rings. The molecule has 2 aromatic carbocycles. The molecule has 1 aliphatic rings. The molecule has 136 valence electrons. The van der Waals surface area contributed by atoms with Crippen molar-refractivity contribution in [2.24, 2.45) is 0 Å². The number of amides is 3. The number of thioether (sulfide) groups is 1. The van der Waals surface area contributed by atoms with Crippen LogP contribution in [-0.2, 0) is 4.79 Å². The molecule has 2 N–H and O–H groups in total. The van der Waals surface area contributed by atoms with Gasteiger partial charge in [0.15, 0.2) is 0 Å². The van der Waals surface area contributed by atoms with Crippen LogP contribution >= 0.6 is 11.8 Å². The van der Waals surface area contributed by atoms with E-state index in [0.29, 0.717) is 22.3 Å². The van der Waals surface area contributed by atoms with Crippen LogP contribution in [0.25, 0.3) is 6.08 Å². The molecule has 1 fully saturated rings. The molecule has 3 amide bonds. The second-order valence-electron chi connectivity index (χ2n) is 5.36. The molecule has 0 atom stereocenters. The first-order chi connectivity index (χ1) is 12.8. The third-order valence-corrected chi connectivity index (χ3v) is 4.38. The summed E-state index contributed by atoms with van der Waals surface area (Å²) in [5.41, 5.74) is 2.57. The predicted molar refractivity (Wildman–Crippen MR) is 96.5 cm³/mol. The average Bonchev–Trinajstić information content (AvgIpc) is 2.89. The van der Waals surface area contributed by atoms with Gasteiger partial charge in [-0.05, 0) is 47.7 Å². The van der Waals surface area contributed by atoms with Crippen LogP contribution in [0.1, 0.15) is 15.9 Å². The summed E-state index contributed by atoms with van der Waals surface area (Å²) in [6.07, 6.45) is 1.42. The van der Waals surface area contributed by atoms with E-state index in [4.69, 9.17) is 0 Å². The number of hydrogen-bond acceptors (Lipinski definition) is 7.